The second kappa shape index (κ2) is 5.51. The number of benzene rings is 1. The minimum Gasteiger partial charge on any atom is -0.379 e. The van der Waals surface area contributed by atoms with Crippen LogP contribution in [-0.4, -0.2) is 21.4 Å². The minimum atomic E-state index is -0.477. The zero-order valence-corrected chi connectivity index (χ0v) is 11.5. The molecule has 2 aromatic rings. The lowest BCUT2D eigenvalue weighted by Crippen LogP contribution is -2.09. The monoisotopic (exact) mass is 288 g/mol. The zero-order valence-electron chi connectivity index (χ0n) is 11.5. The van der Waals surface area contributed by atoms with Crippen LogP contribution in [0.3, 0.4) is 0 Å². The van der Waals surface area contributed by atoms with Crippen LogP contribution in [0, 0.1) is 16.0 Å². The number of fused-ring (bicyclic) bond motifs is 1. The van der Waals surface area contributed by atoms with Gasteiger partial charge in [-0.25, -0.2) is 4.98 Å². The highest BCUT2D eigenvalue weighted by molar-refractivity contribution is 5.86. The summed E-state index contributed by atoms with van der Waals surface area (Å²) in [4.78, 5) is 28.8. The number of nitro groups is 1. The van der Waals surface area contributed by atoms with Gasteiger partial charge >= 0.3 is 0 Å². The molecule has 0 saturated heterocycles. The molecule has 1 aromatic carbocycles. The molecule has 110 valence electrons. The molecule has 2 N–H and O–H groups in total. The molecule has 0 aliphatic heterocycles. The highest BCUT2D eigenvalue weighted by atomic mass is 16.6. The molecule has 0 bridgehead atoms. The van der Waals surface area contributed by atoms with Gasteiger partial charge in [0.05, 0.1) is 22.2 Å². The number of hydrogen-bond donors (Lipinski definition) is 2. The third kappa shape index (κ3) is 3.01. The molecule has 21 heavy (non-hydrogen) atoms. The van der Waals surface area contributed by atoms with E-state index < -0.39 is 4.92 Å². The van der Waals surface area contributed by atoms with Gasteiger partial charge in [-0.15, -0.1) is 0 Å². The minimum absolute atomic E-state index is 0.0904. The van der Waals surface area contributed by atoms with Crippen molar-refractivity contribution in [2.45, 2.75) is 25.7 Å². The van der Waals surface area contributed by atoms with Gasteiger partial charge in [0, 0.05) is 12.6 Å². The van der Waals surface area contributed by atoms with E-state index >= 15 is 0 Å². The maximum atomic E-state index is 11.7. The number of nitrogens with zero attached hydrogens (tertiary/aromatic N) is 2. The molecular weight excluding hydrogens is 272 g/mol. The molecule has 0 spiro atoms. The fraction of sp³-hybridized carbons (Fsp3) is 0.429. The first kappa shape index (κ1) is 13.5. The Balaban J connectivity index is 1.85. The first-order valence-corrected chi connectivity index (χ1v) is 7.05. The Kier molecular flexibility index (Phi) is 3.55. The van der Waals surface area contributed by atoms with E-state index in [1.807, 2.05) is 0 Å². The van der Waals surface area contributed by atoms with Gasteiger partial charge < -0.3 is 10.3 Å². The number of aromatic nitrogens is 2. The molecule has 0 radical (unpaired) electrons. The Hall–Kier alpha value is -2.44. The van der Waals surface area contributed by atoms with Gasteiger partial charge in [-0.2, -0.15) is 0 Å². The summed E-state index contributed by atoms with van der Waals surface area (Å²) in [6, 6.07) is 2.85. The van der Waals surface area contributed by atoms with E-state index in [-0.39, 0.29) is 16.6 Å². The number of H-pyrrole nitrogens is 1. The van der Waals surface area contributed by atoms with Crippen LogP contribution in [0.25, 0.3) is 10.9 Å². The Bertz CT molecular complexity index is 737. The molecule has 7 nitrogen and oxygen atoms in total. The lowest BCUT2D eigenvalue weighted by Gasteiger charge is -2.08. The maximum absolute atomic E-state index is 11.7. The Morgan fingerprint density at radius 2 is 2.24 bits per heavy atom. The van der Waals surface area contributed by atoms with Crippen LogP contribution >= 0.6 is 0 Å². The van der Waals surface area contributed by atoms with Gasteiger partial charge in [0.1, 0.15) is 5.69 Å². The average molecular weight is 288 g/mol. The fourth-order valence-corrected chi connectivity index (χ4v) is 2.42. The summed E-state index contributed by atoms with van der Waals surface area (Å²) in [6.45, 7) is 0.687. The third-order valence-electron chi connectivity index (χ3n) is 3.76. The van der Waals surface area contributed by atoms with Crippen molar-refractivity contribution in [2.75, 3.05) is 11.9 Å². The largest absolute Gasteiger partial charge is 0.379 e. The van der Waals surface area contributed by atoms with E-state index in [0.29, 0.717) is 17.7 Å². The van der Waals surface area contributed by atoms with E-state index in [1.54, 1.807) is 6.07 Å². The quantitative estimate of drug-likeness (QED) is 0.483. The van der Waals surface area contributed by atoms with Crippen LogP contribution in [0.1, 0.15) is 25.7 Å². The van der Waals surface area contributed by atoms with Crippen LogP contribution in [0.2, 0.25) is 0 Å². The molecule has 7 heteroatoms. The van der Waals surface area contributed by atoms with Crippen LogP contribution < -0.4 is 10.9 Å². The smallest absolute Gasteiger partial charge is 0.293 e. The molecule has 1 aromatic heterocycles. The first-order valence-electron chi connectivity index (χ1n) is 7.05. The third-order valence-corrected chi connectivity index (χ3v) is 3.76. The van der Waals surface area contributed by atoms with Crippen molar-refractivity contribution in [3.63, 3.8) is 0 Å². The normalized spacial score (nSPS) is 14.3. The van der Waals surface area contributed by atoms with E-state index in [2.05, 4.69) is 15.3 Å². The molecule has 1 heterocycles. The molecule has 1 saturated carbocycles. The number of nitro benzene ring substituents is 1. The van der Waals surface area contributed by atoms with Gasteiger partial charge in [0.2, 0.25) is 0 Å². The van der Waals surface area contributed by atoms with Crippen molar-refractivity contribution in [1.82, 2.24) is 9.97 Å². The van der Waals surface area contributed by atoms with Gasteiger partial charge in [0.25, 0.3) is 11.2 Å². The Morgan fingerprint density at radius 1 is 1.43 bits per heavy atom. The second-order valence-corrected chi connectivity index (χ2v) is 5.39. The lowest BCUT2D eigenvalue weighted by atomic mass is 10.1. The van der Waals surface area contributed by atoms with Crippen molar-refractivity contribution in [3.05, 3.63) is 38.9 Å². The Labute approximate surface area is 120 Å². The standard InChI is InChI=1S/C14H16N4O3/c19-14-10-6-13(18(20)21)12(7-11(10)16-8-17-14)15-5-1-2-9-3-4-9/h6-9,15H,1-5H2,(H,16,17,19). The summed E-state index contributed by atoms with van der Waals surface area (Å²) >= 11 is 0. The van der Waals surface area contributed by atoms with Crippen LogP contribution in [0.4, 0.5) is 11.4 Å². The summed E-state index contributed by atoms with van der Waals surface area (Å²) in [5.41, 5.74) is 0.409. The zero-order chi connectivity index (χ0) is 14.8. The van der Waals surface area contributed by atoms with Crippen LogP contribution in [0.5, 0.6) is 0 Å². The average Bonchev–Trinajstić information content (AvgIpc) is 3.27. The molecular formula is C14H16N4O3. The molecule has 0 amide bonds. The van der Waals surface area contributed by atoms with E-state index in [1.165, 1.54) is 25.2 Å². The maximum Gasteiger partial charge on any atom is 0.293 e. The van der Waals surface area contributed by atoms with E-state index in [0.717, 1.165) is 18.8 Å². The topological polar surface area (TPSA) is 101 Å². The van der Waals surface area contributed by atoms with Crippen molar-refractivity contribution < 1.29 is 4.92 Å². The predicted octanol–water partition coefficient (Wildman–Crippen LogP) is 2.43. The first-order chi connectivity index (χ1) is 10.1. The van der Waals surface area contributed by atoms with Gasteiger partial charge in [-0.3, -0.25) is 14.9 Å². The molecule has 1 aliphatic rings. The summed E-state index contributed by atoms with van der Waals surface area (Å²) in [6.07, 6.45) is 6.06. The van der Waals surface area contributed by atoms with Crippen LogP contribution in [-0.2, 0) is 0 Å². The second-order valence-electron chi connectivity index (χ2n) is 5.39. The summed E-state index contributed by atoms with van der Waals surface area (Å²) in [5.74, 6) is 0.846. The number of aromatic amines is 1. The summed E-state index contributed by atoms with van der Waals surface area (Å²) in [5, 5.41) is 14.5. The number of hydrogen-bond acceptors (Lipinski definition) is 5. The van der Waals surface area contributed by atoms with Crippen molar-refractivity contribution in [2.24, 2.45) is 5.92 Å². The van der Waals surface area contributed by atoms with E-state index in [4.69, 9.17) is 0 Å². The lowest BCUT2D eigenvalue weighted by molar-refractivity contribution is -0.383. The highest BCUT2D eigenvalue weighted by Crippen LogP contribution is 2.33. The van der Waals surface area contributed by atoms with Gasteiger partial charge in [-0.1, -0.05) is 12.8 Å². The molecule has 1 fully saturated rings. The van der Waals surface area contributed by atoms with Crippen molar-refractivity contribution in [1.29, 1.82) is 0 Å². The van der Waals surface area contributed by atoms with Gasteiger partial charge in [0.15, 0.2) is 0 Å². The predicted molar refractivity (Wildman–Crippen MR) is 79.5 cm³/mol. The van der Waals surface area contributed by atoms with Gasteiger partial charge in [-0.05, 0) is 24.8 Å². The van der Waals surface area contributed by atoms with Crippen molar-refractivity contribution >= 4 is 22.3 Å². The number of anilines is 1. The molecule has 3 rings (SSSR count). The fourth-order valence-electron chi connectivity index (χ4n) is 2.42. The summed E-state index contributed by atoms with van der Waals surface area (Å²) in [7, 11) is 0. The SMILES string of the molecule is O=c1[nH]cnc2cc(NCCCC3CC3)c([N+](=O)[O-])cc12. The van der Waals surface area contributed by atoms with Crippen molar-refractivity contribution in [3.8, 4) is 0 Å². The number of rotatable bonds is 6. The summed E-state index contributed by atoms with van der Waals surface area (Å²) < 4.78 is 0. The Morgan fingerprint density at radius 3 is 2.95 bits per heavy atom. The molecule has 1 aliphatic carbocycles. The highest BCUT2D eigenvalue weighted by Gasteiger charge is 2.21. The molecule has 0 unspecified atom stereocenters. The van der Waals surface area contributed by atoms with E-state index in [9.17, 15) is 14.9 Å². The van der Waals surface area contributed by atoms with Crippen LogP contribution in [0.15, 0.2) is 23.3 Å². The number of nitrogens with one attached hydrogen (secondary N) is 2. The molecule has 0 atom stereocenters.